The van der Waals surface area contributed by atoms with Crippen molar-refractivity contribution in [2.75, 3.05) is 11.4 Å². The molecule has 1 aliphatic heterocycles. The molecular weight excluding hydrogens is 366 g/mol. The summed E-state index contributed by atoms with van der Waals surface area (Å²) in [4.78, 5) is 23.5. The van der Waals surface area contributed by atoms with Gasteiger partial charge in [-0.2, -0.15) is 14.7 Å². The molecule has 1 atom stereocenters. The third kappa shape index (κ3) is 3.26. The zero-order valence-electron chi connectivity index (χ0n) is 16.1. The average Bonchev–Trinajstić information content (AvgIpc) is 3.39. The maximum Gasteiger partial charge on any atom is 0.266 e. The Balaban J connectivity index is 1.49. The lowest BCUT2D eigenvalue weighted by Gasteiger charge is -2.27. The summed E-state index contributed by atoms with van der Waals surface area (Å²) < 4.78 is 3.44. The molecule has 0 saturated carbocycles. The molecule has 29 heavy (non-hydrogen) atoms. The molecule has 0 radical (unpaired) electrons. The summed E-state index contributed by atoms with van der Waals surface area (Å²) in [6, 6.07) is 11.3. The maximum absolute atomic E-state index is 12.5. The fourth-order valence-electron chi connectivity index (χ4n) is 4.00. The van der Waals surface area contributed by atoms with Crippen molar-refractivity contribution < 1.29 is 0 Å². The molecular formula is C21H21N7O. The van der Waals surface area contributed by atoms with Gasteiger partial charge in [0.05, 0.1) is 24.5 Å². The van der Waals surface area contributed by atoms with Crippen molar-refractivity contribution in [2.45, 2.75) is 32.4 Å². The second kappa shape index (κ2) is 7.12. The number of rotatable bonds is 4. The lowest BCUT2D eigenvalue weighted by atomic mass is 10.2. The maximum atomic E-state index is 12.5. The first-order valence-electron chi connectivity index (χ1n) is 9.76. The fraction of sp³-hybridized carbons (Fsp3) is 0.286. The Morgan fingerprint density at radius 1 is 1.17 bits per heavy atom. The highest BCUT2D eigenvalue weighted by molar-refractivity contribution is 5.56. The quantitative estimate of drug-likeness (QED) is 0.535. The molecule has 5 rings (SSSR count). The molecule has 146 valence electrons. The van der Waals surface area contributed by atoms with E-state index < -0.39 is 0 Å². The molecule has 5 heterocycles. The molecule has 1 unspecified atom stereocenters. The second-order valence-corrected chi connectivity index (χ2v) is 7.33. The van der Waals surface area contributed by atoms with Gasteiger partial charge >= 0.3 is 0 Å². The summed E-state index contributed by atoms with van der Waals surface area (Å²) in [5, 5.41) is 9.05. The Labute approximate surface area is 167 Å². The molecule has 4 aromatic rings. The van der Waals surface area contributed by atoms with Crippen LogP contribution < -0.4 is 10.5 Å². The average molecular weight is 387 g/mol. The van der Waals surface area contributed by atoms with Gasteiger partial charge in [-0.15, -0.1) is 0 Å². The standard InChI is InChI=1S/C21H21N7O/c1-15-12-20(28-19(24-15)8-10-23-28)26-11-3-5-17(26)14-27-21(29)7-6-18(25-27)16-4-2-9-22-13-16/h2,4,6-10,12-13,17H,3,5,11,14H2,1H3. The summed E-state index contributed by atoms with van der Waals surface area (Å²) in [6.07, 6.45) is 7.30. The smallest absolute Gasteiger partial charge is 0.266 e. The van der Waals surface area contributed by atoms with Gasteiger partial charge in [0, 0.05) is 48.4 Å². The Morgan fingerprint density at radius 2 is 2.10 bits per heavy atom. The summed E-state index contributed by atoms with van der Waals surface area (Å²) in [7, 11) is 0. The van der Waals surface area contributed by atoms with Crippen molar-refractivity contribution in [1.82, 2.24) is 29.4 Å². The third-order valence-corrected chi connectivity index (χ3v) is 5.35. The van der Waals surface area contributed by atoms with E-state index in [9.17, 15) is 4.79 Å². The molecule has 0 amide bonds. The van der Waals surface area contributed by atoms with E-state index in [-0.39, 0.29) is 11.6 Å². The Bertz CT molecular complexity index is 1210. The molecule has 0 bridgehead atoms. The van der Waals surface area contributed by atoms with Crippen LogP contribution in [0.5, 0.6) is 0 Å². The molecule has 4 aromatic heterocycles. The van der Waals surface area contributed by atoms with Crippen LogP contribution in [0, 0.1) is 6.92 Å². The summed E-state index contributed by atoms with van der Waals surface area (Å²) in [5.74, 6) is 1.01. The number of hydrogen-bond acceptors (Lipinski definition) is 6. The highest BCUT2D eigenvalue weighted by atomic mass is 16.1. The minimum Gasteiger partial charge on any atom is -0.352 e. The van der Waals surface area contributed by atoms with Crippen molar-refractivity contribution >= 4 is 11.5 Å². The van der Waals surface area contributed by atoms with Crippen molar-refractivity contribution in [2.24, 2.45) is 0 Å². The van der Waals surface area contributed by atoms with Crippen molar-refractivity contribution in [3.05, 3.63) is 71.0 Å². The SMILES string of the molecule is Cc1cc(N2CCCC2Cn2nc(-c3cccnc3)ccc2=O)n2nccc2n1. The first-order chi connectivity index (χ1) is 14.2. The van der Waals surface area contributed by atoms with Crippen LogP contribution in [0.3, 0.4) is 0 Å². The number of anilines is 1. The number of pyridine rings is 1. The van der Waals surface area contributed by atoms with E-state index in [0.29, 0.717) is 6.54 Å². The lowest BCUT2D eigenvalue weighted by Crippen LogP contribution is -2.38. The molecule has 0 aromatic carbocycles. The van der Waals surface area contributed by atoms with Gasteiger partial charge in [0.2, 0.25) is 0 Å². The van der Waals surface area contributed by atoms with E-state index >= 15 is 0 Å². The van der Waals surface area contributed by atoms with Gasteiger partial charge in [-0.1, -0.05) is 0 Å². The molecule has 0 spiro atoms. The van der Waals surface area contributed by atoms with Gasteiger partial charge < -0.3 is 4.90 Å². The van der Waals surface area contributed by atoms with E-state index in [2.05, 4.69) is 31.1 Å². The minimum absolute atomic E-state index is 0.0976. The monoisotopic (exact) mass is 387 g/mol. The highest BCUT2D eigenvalue weighted by Gasteiger charge is 2.28. The predicted molar refractivity (Wildman–Crippen MR) is 110 cm³/mol. The molecule has 8 heteroatoms. The normalized spacial score (nSPS) is 16.6. The summed E-state index contributed by atoms with van der Waals surface area (Å²) in [6.45, 7) is 3.43. The minimum atomic E-state index is -0.0976. The van der Waals surface area contributed by atoms with Crippen LogP contribution in [0.2, 0.25) is 0 Å². The van der Waals surface area contributed by atoms with Crippen LogP contribution in [-0.2, 0) is 6.54 Å². The van der Waals surface area contributed by atoms with Crippen molar-refractivity contribution in [3.63, 3.8) is 0 Å². The predicted octanol–water partition coefficient (Wildman–Crippen LogP) is 2.33. The van der Waals surface area contributed by atoms with Gasteiger partial charge in [-0.25, -0.2) is 9.67 Å². The van der Waals surface area contributed by atoms with E-state index in [4.69, 9.17) is 0 Å². The van der Waals surface area contributed by atoms with Crippen LogP contribution >= 0.6 is 0 Å². The molecule has 0 N–H and O–H groups in total. The van der Waals surface area contributed by atoms with Crippen LogP contribution in [0.1, 0.15) is 18.5 Å². The second-order valence-electron chi connectivity index (χ2n) is 7.33. The molecule has 1 aliphatic rings. The highest BCUT2D eigenvalue weighted by Crippen LogP contribution is 2.27. The number of aromatic nitrogens is 6. The molecule has 1 saturated heterocycles. The summed E-state index contributed by atoms with van der Waals surface area (Å²) in [5.41, 5.74) is 3.33. The first kappa shape index (κ1) is 17.5. The van der Waals surface area contributed by atoms with Crippen LogP contribution in [-0.4, -0.2) is 41.9 Å². The van der Waals surface area contributed by atoms with E-state index in [1.165, 1.54) is 0 Å². The third-order valence-electron chi connectivity index (χ3n) is 5.35. The van der Waals surface area contributed by atoms with Gasteiger partial charge in [0.25, 0.3) is 5.56 Å². The molecule has 0 aliphatic carbocycles. The van der Waals surface area contributed by atoms with E-state index in [1.807, 2.05) is 29.6 Å². The number of fused-ring (bicyclic) bond motifs is 1. The fourth-order valence-corrected chi connectivity index (χ4v) is 4.00. The topological polar surface area (TPSA) is 81.2 Å². The van der Waals surface area contributed by atoms with Gasteiger partial charge in [0.15, 0.2) is 5.65 Å². The largest absolute Gasteiger partial charge is 0.352 e. The van der Waals surface area contributed by atoms with Crippen molar-refractivity contribution in [3.8, 4) is 11.3 Å². The van der Waals surface area contributed by atoms with Gasteiger partial charge in [0.1, 0.15) is 5.82 Å². The zero-order valence-corrected chi connectivity index (χ0v) is 16.1. The molecule has 8 nitrogen and oxygen atoms in total. The van der Waals surface area contributed by atoms with E-state index in [0.717, 1.165) is 47.8 Å². The summed E-state index contributed by atoms with van der Waals surface area (Å²) >= 11 is 0. The van der Waals surface area contributed by atoms with Crippen molar-refractivity contribution in [1.29, 1.82) is 0 Å². The van der Waals surface area contributed by atoms with Gasteiger partial charge in [-0.05, 0) is 38.0 Å². The van der Waals surface area contributed by atoms with Crippen LogP contribution in [0.4, 0.5) is 5.82 Å². The molecule has 1 fully saturated rings. The Kier molecular flexibility index (Phi) is 4.31. The Hall–Kier alpha value is -3.55. The Morgan fingerprint density at radius 3 is 2.97 bits per heavy atom. The van der Waals surface area contributed by atoms with Crippen LogP contribution in [0.15, 0.2) is 59.8 Å². The number of nitrogens with zero attached hydrogens (tertiary/aromatic N) is 7. The first-order valence-corrected chi connectivity index (χ1v) is 9.76. The number of hydrogen-bond donors (Lipinski definition) is 0. The van der Waals surface area contributed by atoms with Crippen LogP contribution in [0.25, 0.3) is 16.9 Å². The lowest BCUT2D eigenvalue weighted by molar-refractivity contribution is 0.487. The van der Waals surface area contributed by atoms with E-state index in [1.54, 1.807) is 35.4 Å². The number of aryl methyl sites for hydroxylation is 1. The van der Waals surface area contributed by atoms with Gasteiger partial charge in [-0.3, -0.25) is 9.78 Å². The zero-order chi connectivity index (χ0) is 19.8.